The van der Waals surface area contributed by atoms with E-state index in [-0.39, 0.29) is 17.2 Å². The Hall–Kier alpha value is -3.43. The smallest absolute Gasteiger partial charge is 0.267 e. The van der Waals surface area contributed by atoms with Crippen LogP contribution < -0.4 is 15.7 Å². The van der Waals surface area contributed by atoms with Crippen molar-refractivity contribution < 1.29 is 9.53 Å². The molecule has 1 aliphatic carbocycles. The Morgan fingerprint density at radius 1 is 1.16 bits per heavy atom. The third kappa shape index (κ3) is 5.62. The summed E-state index contributed by atoms with van der Waals surface area (Å²) in [6.07, 6.45) is 5.74. The zero-order chi connectivity index (χ0) is 25.8. The number of thioether (sulfide) groups is 1. The molecule has 190 valence electrons. The minimum atomic E-state index is -0.275. The lowest BCUT2D eigenvalue weighted by atomic mass is 9.97. The summed E-state index contributed by atoms with van der Waals surface area (Å²) in [5, 5.41) is 5.30. The van der Waals surface area contributed by atoms with Crippen molar-refractivity contribution in [2.75, 3.05) is 12.4 Å². The Morgan fingerprint density at radius 2 is 1.92 bits per heavy atom. The molecular weight excluding hydrogens is 504 g/mol. The van der Waals surface area contributed by atoms with Crippen LogP contribution in [-0.2, 0) is 17.6 Å². The van der Waals surface area contributed by atoms with Crippen LogP contribution in [0.3, 0.4) is 0 Å². The predicted molar refractivity (Wildman–Crippen MR) is 151 cm³/mol. The number of amides is 1. The van der Waals surface area contributed by atoms with E-state index in [4.69, 9.17) is 9.72 Å². The molecule has 0 unspecified atom stereocenters. The first kappa shape index (κ1) is 25.2. The first-order chi connectivity index (χ1) is 18.0. The summed E-state index contributed by atoms with van der Waals surface area (Å²) < 4.78 is 7.08. The Balaban J connectivity index is 1.37. The van der Waals surface area contributed by atoms with Crippen LogP contribution in [0.1, 0.15) is 41.3 Å². The summed E-state index contributed by atoms with van der Waals surface area (Å²) in [5.41, 5.74) is 6.36. The Labute approximate surface area is 223 Å². The number of fused-ring (bicyclic) bond motifs is 3. The second kappa shape index (κ2) is 11.3. The second-order valence-electron chi connectivity index (χ2n) is 8.85. The van der Waals surface area contributed by atoms with Crippen LogP contribution in [0.4, 0.5) is 0 Å². The van der Waals surface area contributed by atoms with E-state index in [0.29, 0.717) is 11.8 Å². The minimum Gasteiger partial charge on any atom is -0.494 e. The topological polar surface area (TPSA) is 85.6 Å². The van der Waals surface area contributed by atoms with E-state index in [0.717, 1.165) is 64.0 Å². The van der Waals surface area contributed by atoms with Crippen molar-refractivity contribution in [3.05, 3.63) is 80.5 Å². The molecule has 0 fully saturated rings. The largest absolute Gasteiger partial charge is 0.494 e. The molecule has 0 saturated heterocycles. The van der Waals surface area contributed by atoms with Crippen molar-refractivity contribution in [1.29, 1.82) is 0 Å². The van der Waals surface area contributed by atoms with Gasteiger partial charge in [-0.1, -0.05) is 29.5 Å². The molecule has 4 aromatic rings. The van der Waals surface area contributed by atoms with Crippen LogP contribution in [-0.4, -0.2) is 34.0 Å². The maximum absolute atomic E-state index is 13.8. The second-order valence-corrected chi connectivity index (χ2v) is 10.9. The Bertz CT molecular complexity index is 1510. The molecule has 7 nitrogen and oxygen atoms in total. The number of nitrogens with one attached hydrogen (secondary N) is 1. The Morgan fingerprint density at radius 3 is 2.68 bits per heavy atom. The number of thiophene rings is 1. The predicted octanol–water partition coefficient (Wildman–Crippen LogP) is 5.28. The maximum atomic E-state index is 13.8. The van der Waals surface area contributed by atoms with E-state index >= 15 is 0 Å². The first-order valence-corrected chi connectivity index (χ1v) is 14.2. The fourth-order valence-corrected chi connectivity index (χ4v) is 6.47. The summed E-state index contributed by atoms with van der Waals surface area (Å²) in [6, 6.07) is 15.3. The van der Waals surface area contributed by atoms with Crippen LogP contribution in [0.2, 0.25) is 0 Å². The molecule has 0 atom stereocenters. The fraction of sp³-hybridized carbons (Fsp3) is 0.286. The molecule has 0 saturated carbocycles. The van der Waals surface area contributed by atoms with Crippen molar-refractivity contribution in [3.63, 3.8) is 0 Å². The van der Waals surface area contributed by atoms with Gasteiger partial charge in [0.05, 0.1) is 29.6 Å². The lowest BCUT2D eigenvalue weighted by Crippen LogP contribution is -2.24. The van der Waals surface area contributed by atoms with E-state index in [1.165, 1.54) is 16.6 Å². The van der Waals surface area contributed by atoms with E-state index < -0.39 is 0 Å². The van der Waals surface area contributed by atoms with Gasteiger partial charge in [0.25, 0.3) is 11.5 Å². The fourth-order valence-electron chi connectivity index (χ4n) is 4.36. The number of hydrazone groups is 1. The first-order valence-electron chi connectivity index (χ1n) is 12.4. The number of carbonyl (C=O) groups excluding carboxylic acids is 1. The average molecular weight is 533 g/mol. The lowest BCUT2D eigenvalue weighted by molar-refractivity contribution is -0.118. The van der Waals surface area contributed by atoms with Gasteiger partial charge in [0.2, 0.25) is 0 Å². The van der Waals surface area contributed by atoms with Crippen molar-refractivity contribution in [3.8, 4) is 11.4 Å². The Kier molecular flexibility index (Phi) is 7.71. The van der Waals surface area contributed by atoms with Gasteiger partial charge in [0.15, 0.2) is 5.16 Å². The molecule has 0 spiro atoms. The van der Waals surface area contributed by atoms with Crippen molar-refractivity contribution in [2.24, 2.45) is 5.10 Å². The summed E-state index contributed by atoms with van der Waals surface area (Å²) >= 11 is 2.85. The number of nitrogens with zero attached hydrogens (tertiary/aromatic N) is 3. The number of aryl methyl sites for hydroxylation is 3. The van der Waals surface area contributed by atoms with Crippen LogP contribution in [0, 0.1) is 6.92 Å². The molecule has 0 radical (unpaired) electrons. The number of benzene rings is 2. The zero-order valence-electron chi connectivity index (χ0n) is 20.8. The highest BCUT2D eigenvalue weighted by Gasteiger charge is 2.23. The molecular formula is C28H28N4O3S2. The summed E-state index contributed by atoms with van der Waals surface area (Å²) in [6.45, 7) is 4.55. The van der Waals surface area contributed by atoms with Crippen LogP contribution in [0.5, 0.6) is 5.75 Å². The van der Waals surface area contributed by atoms with E-state index in [1.807, 2.05) is 62.4 Å². The molecule has 0 aliphatic heterocycles. The normalized spacial score (nSPS) is 13.1. The van der Waals surface area contributed by atoms with Crippen LogP contribution >= 0.6 is 23.1 Å². The van der Waals surface area contributed by atoms with Crippen LogP contribution in [0.15, 0.2) is 63.6 Å². The number of rotatable bonds is 8. The summed E-state index contributed by atoms with van der Waals surface area (Å²) in [7, 11) is 0. The van der Waals surface area contributed by atoms with Gasteiger partial charge in [0, 0.05) is 4.88 Å². The summed E-state index contributed by atoms with van der Waals surface area (Å²) in [5.74, 6) is 0.591. The van der Waals surface area contributed by atoms with E-state index in [9.17, 15) is 9.59 Å². The lowest BCUT2D eigenvalue weighted by Gasteiger charge is -2.13. The molecule has 1 aliphatic rings. The summed E-state index contributed by atoms with van der Waals surface area (Å²) in [4.78, 5) is 33.3. The number of carbonyl (C=O) groups is 1. The average Bonchev–Trinajstić information content (AvgIpc) is 3.28. The number of hydrogen-bond acceptors (Lipinski definition) is 7. The van der Waals surface area contributed by atoms with Gasteiger partial charge in [-0.2, -0.15) is 5.10 Å². The molecule has 37 heavy (non-hydrogen) atoms. The molecule has 5 rings (SSSR count). The highest BCUT2D eigenvalue weighted by atomic mass is 32.2. The van der Waals surface area contributed by atoms with Gasteiger partial charge >= 0.3 is 0 Å². The minimum absolute atomic E-state index is 0.0651. The molecule has 1 amide bonds. The molecule has 1 N–H and O–H groups in total. The van der Waals surface area contributed by atoms with Gasteiger partial charge in [0.1, 0.15) is 10.6 Å². The highest BCUT2D eigenvalue weighted by molar-refractivity contribution is 7.99. The molecule has 2 heterocycles. The van der Waals surface area contributed by atoms with Gasteiger partial charge in [-0.15, -0.1) is 11.3 Å². The highest BCUT2D eigenvalue weighted by Crippen LogP contribution is 2.35. The molecule has 2 aromatic carbocycles. The van der Waals surface area contributed by atoms with E-state index in [1.54, 1.807) is 22.1 Å². The van der Waals surface area contributed by atoms with Crippen LogP contribution in [0.25, 0.3) is 15.9 Å². The number of ether oxygens (including phenoxy) is 1. The quantitative estimate of drug-likeness (QED) is 0.145. The number of aromatic nitrogens is 2. The molecule has 2 aromatic heterocycles. The van der Waals surface area contributed by atoms with Crippen molar-refractivity contribution in [1.82, 2.24) is 15.0 Å². The zero-order valence-corrected chi connectivity index (χ0v) is 22.5. The van der Waals surface area contributed by atoms with Gasteiger partial charge in [-0.25, -0.2) is 10.4 Å². The monoisotopic (exact) mass is 532 g/mol. The van der Waals surface area contributed by atoms with Gasteiger partial charge < -0.3 is 4.74 Å². The van der Waals surface area contributed by atoms with E-state index in [2.05, 4.69) is 10.5 Å². The third-order valence-electron chi connectivity index (χ3n) is 6.18. The SMILES string of the molecule is CCOc1ccc(C=NNC(=O)CSc2nc3sc4c(c3c(=O)n2-c2ccc(C)cc2)CCCC4)cc1. The van der Waals surface area contributed by atoms with Gasteiger partial charge in [-0.05, 0) is 87.1 Å². The molecule has 0 bridgehead atoms. The number of hydrogen-bond donors (Lipinski definition) is 1. The maximum Gasteiger partial charge on any atom is 0.267 e. The van der Waals surface area contributed by atoms with Crippen molar-refractivity contribution in [2.45, 2.75) is 44.7 Å². The van der Waals surface area contributed by atoms with Crippen molar-refractivity contribution >= 4 is 45.4 Å². The third-order valence-corrected chi connectivity index (χ3v) is 8.30. The molecule has 9 heteroatoms. The standard InChI is InChI=1S/C28H28N4O3S2/c1-3-35-21-14-10-19(11-15-21)16-29-31-24(33)17-36-28-30-26-25(22-6-4-5-7-23(22)37-26)27(34)32(28)20-12-8-18(2)9-13-20/h8-16H,3-7,17H2,1-2H3,(H,31,33). The van der Waals surface area contributed by atoms with Gasteiger partial charge in [-0.3, -0.25) is 14.2 Å².